The van der Waals surface area contributed by atoms with Crippen molar-refractivity contribution in [2.75, 3.05) is 13.1 Å². The molecule has 1 fully saturated rings. The lowest BCUT2D eigenvalue weighted by Crippen LogP contribution is -2.38. The fraction of sp³-hybridized carbons (Fsp3) is 0.533. The van der Waals surface area contributed by atoms with Crippen LogP contribution < -0.4 is 0 Å². The van der Waals surface area contributed by atoms with Gasteiger partial charge in [0.05, 0.1) is 11.6 Å². The van der Waals surface area contributed by atoms with Crippen molar-refractivity contribution >= 4 is 0 Å². The third-order valence-electron chi connectivity index (χ3n) is 3.48. The molecule has 17 heavy (non-hydrogen) atoms. The molecular formula is C15H20N2. The lowest BCUT2D eigenvalue weighted by molar-refractivity contribution is 0.134. The largest absolute Gasteiger partial charge is 0.299 e. The summed E-state index contributed by atoms with van der Waals surface area (Å²) in [6.07, 6.45) is 1.33. The summed E-state index contributed by atoms with van der Waals surface area (Å²) in [6.45, 7) is 7.87. The monoisotopic (exact) mass is 228 g/mol. The number of hydrogen-bond donors (Lipinski definition) is 0. The molecule has 0 unspecified atom stereocenters. The summed E-state index contributed by atoms with van der Waals surface area (Å²) in [5.74, 6) is 1.54. The van der Waals surface area contributed by atoms with Gasteiger partial charge in [-0.1, -0.05) is 32.0 Å². The minimum Gasteiger partial charge on any atom is -0.299 e. The minimum absolute atomic E-state index is 0.771. The van der Waals surface area contributed by atoms with Crippen molar-refractivity contribution in [1.82, 2.24) is 4.90 Å². The highest BCUT2D eigenvalue weighted by Crippen LogP contribution is 2.23. The minimum atomic E-state index is 0.771. The van der Waals surface area contributed by atoms with Gasteiger partial charge in [0.2, 0.25) is 0 Å². The maximum atomic E-state index is 9.08. The standard InChI is InChI=1S/C15H20N2/c1-12-7-13(2)10-17(9-12)11-15-6-4-3-5-14(15)8-16/h3-6,12-13H,7,9-11H2,1-2H3/t12-,13+. The topological polar surface area (TPSA) is 27.0 Å². The van der Waals surface area contributed by atoms with Gasteiger partial charge in [-0.2, -0.15) is 5.26 Å². The molecule has 0 bridgehead atoms. The number of piperidine rings is 1. The first kappa shape index (κ1) is 12.1. The Morgan fingerprint density at radius 3 is 2.53 bits per heavy atom. The second-order valence-electron chi connectivity index (χ2n) is 5.41. The fourth-order valence-corrected chi connectivity index (χ4v) is 2.93. The van der Waals surface area contributed by atoms with Gasteiger partial charge in [0.15, 0.2) is 0 Å². The van der Waals surface area contributed by atoms with E-state index in [4.69, 9.17) is 5.26 Å². The van der Waals surface area contributed by atoms with Crippen molar-refractivity contribution in [3.8, 4) is 6.07 Å². The Balaban J connectivity index is 2.08. The van der Waals surface area contributed by atoms with Crippen LogP contribution in [0.1, 0.15) is 31.4 Å². The van der Waals surface area contributed by atoms with Crippen LogP contribution in [0.25, 0.3) is 0 Å². The third-order valence-corrected chi connectivity index (χ3v) is 3.48. The molecule has 2 nitrogen and oxygen atoms in total. The molecule has 0 aliphatic carbocycles. The first-order valence-corrected chi connectivity index (χ1v) is 6.39. The molecule has 2 atom stereocenters. The molecular weight excluding hydrogens is 208 g/mol. The first-order chi connectivity index (χ1) is 8.19. The van der Waals surface area contributed by atoms with Crippen molar-refractivity contribution < 1.29 is 0 Å². The fourth-order valence-electron chi connectivity index (χ4n) is 2.93. The van der Waals surface area contributed by atoms with Crippen LogP contribution in [0.4, 0.5) is 0 Å². The summed E-state index contributed by atoms with van der Waals surface area (Å²) in [7, 11) is 0. The molecule has 1 aromatic carbocycles. The van der Waals surface area contributed by atoms with Crippen LogP contribution in [0.3, 0.4) is 0 Å². The number of benzene rings is 1. The molecule has 0 radical (unpaired) electrons. The van der Waals surface area contributed by atoms with E-state index in [0.717, 1.165) is 42.6 Å². The van der Waals surface area contributed by atoms with Crippen LogP contribution in [0, 0.1) is 23.2 Å². The summed E-state index contributed by atoms with van der Waals surface area (Å²) in [4.78, 5) is 2.48. The summed E-state index contributed by atoms with van der Waals surface area (Å²) in [6, 6.07) is 10.2. The second-order valence-corrected chi connectivity index (χ2v) is 5.41. The van der Waals surface area contributed by atoms with Gasteiger partial charge in [0, 0.05) is 19.6 Å². The molecule has 0 saturated carbocycles. The average molecular weight is 228 g/mol. The molecule has 2 rings (SSSR count). The van der Waals surface area contributed by atoms with Crippen molar-refractivity contribution in [2.24, 2.45) is 11.8 Å². The SMILES string of the molecule is C[C@@H]1C[C@H](C)CN(Cc2ccccc2C#N)C1. The smallest absolute Gasteiger partial charge is 0.0995 e. The van der Waals surface area contributed by atoms with Gasteiger partial charge in [-0.15, -0.1) is 0 Å². The zero-order chi connectivity index (χ0) is 12.3. The van der Waals surface area contributed by atoms with E-state index in [0.29, 0.717) is 0 Å². The van der Waals surface area contributed by atoms with Gasteiger partial charge in [-0.3, -0.25) is 4.90 Å². The van der Waals surface area contributed by atoms with Crippen LogP contribution in [-0.2, 0) is 6.54 Å². The highest BCUT2D eigenvalue weighted by Gasteiger charge is 2.22. The molecule has 0 aromatic heterocycles. The van der Waals surface area contributed by atoms with Crippen LogP contribution in [0.5, 0.6) is 0 Å². The predicted octanol–water partition coefficient (Wildman–Crippen LogP) is 3.04. The van der Waals surface area contributed by atoms with E-state index in [2.05, 4.69) is 30.9 Å². The van der Waals surface area contributed by atoms with Gasteiger partial charge >= 0.3 is 0 Å². The second kappa shape index (κ2) is 5.33. The zero-order valence-corrected chi connectivity index (χ0v) is 10.7. The van der Waals surface area contributed by atoms with Gasteiger partial charge < -0.3 is 0 Å². The molecule has 1 heterocycles. The van der Waals surface area contributed by atoms with Crippen molar-refractivity contribution in [2.45, 2.75) is 26.8 Å². The summed E-state index contributed by atoms with van der Waals surface area (Å²) in [5.41, 5.74) is 1.98. The van der Waals surface area contributed by atoms with Crippen molar-refractivity contribution in [3.63, 3.8) is 0 Å². The Hall–Kier alpha value is -1.33. The van der Waals surface area contributed by atoms with Crippen LogP contribution in [0.15, 0.2) is 24.3 Å². The lowest BCUT2D eigenvalue weighted by atomic mass is 9.91. The van der Waals surface area contributed by atoms with Gasteiger partial charge in [-0.25, -0.2) is 0 Å². The average Bonchev–Trinajstić information content (AvgIpc) is 2.28. The Morgan fingerprint density at radius 1 is 1.24 bits per heavy atom. The normalized spacial score (nSPS) is 25.5. The van der Waals surface area contributed by atoms with E-state index < -0.39 is 0 Å². The first-order valence-electron chi connectivity index (χ1n) is 6.39. The maximum Gasteiger partial charge on any atom is 0.0995 e. The Morgan fingerprint density at radius 2 is 1.88 bits per heavy atom. The van der Waals surface area contributed by atoms with Gasteiger partial charge in [0.1, 0.15) is 0 Å². The number of rotatable bonds is 2. The van der Waals surface area contributed by atoms with Gasteiger partial charge in [-0.05, 0) is 29.9 Å². The number of nitrogens with zero attached hydrogens (tertiary/aromatic N) is 2. The Kier molecular flexibility index (Phi) is 3.81. The molecule has 0 amide bonds. The molecule has 0 N–H and O–H groups in total. The highest BCUT2D eigenvalue weighted by molar-refractivity contribution is 5.37. The van der Waals surface area contributed by atoms with E-state index in [-0.39, 0.29) is 0 Å². The van der Waals surface area contributed by atoms with E-state index in [9.17, 15) is 0 Å². The molecule has 90 valence electrons. The Labute approximate surface area is 104 Å². The molecule has 1 aromatic rings. The van der Waals surface area contributed by atoms with Crippen molar-refractivity contribution in [1.29, 1.82) is 5.26 Å². The lowest BCUT2D eigenvalue weighted by Gasteiger charge is -2.35. The highest BCUT2D eigenvalue weighted by atomic mass is 15.1. The van der Waals surface area contributed by atoms with Crippen LogP contribution in [-0.4, -0.2) is 18.0 Å². The predicted molar refractivity (Wildman–Crippen MR) is 69.4 cm³/mol. The number of nitriles is 1. The van der Waals surface area contributed by atoms with E-state index in [1.807, 2.05) is 18.2 Å². The maximum absolute atomic E-state index is 9.08. The third kappa shape index (κ3) is 3.08. The summed E-state index contributed by atoms with van der Waals surface area (Å²) >= 11 is 0. The number of hydrogen-bond acceptors (Lipinski definition) is 2. The summed E-state index contributed by atoms with van der Waals surface area (Å²) in [5, 5.41) is 9.08. The zero-order valence-electron chi connectivity index (χ0n) is 10.7. The van der Waals surface area contributed by atoms with E-state index in [1.165, 1.54) is 6.42 Å². The molecule has 0 spiro atoms. The van der Waals surface area contributed by atoms with E-state index in [1.54, 1.807) is 0 Å². The van der Waals surface area contributed by atoms with E-state index >= 15 is 0 Å². The van der Waals surface area contributed by atoms with Crippen molar-refractivity contribution in [3.05, 3.63) is 35.4 Å². The summed E-state index contributed by atoms with van der Waals surface area (Å²) < 4.78 is 0. The Bertz CT molecular complexity index is 409. The molecule has 1 aliphatic heterocycles. The number of likely N-dealkylation sites (tertiary alicyclic amines) is 1. The quantitative estimate of drug-likeness (QED) is 0.778. The van der Waals surface area contributed by atoms with Gasteiger partial charge in [0.25, 0.3) is 0 Å². The molecule has 1 saturated heterocycles. The van der Waals surface area contributed by atoms with Crippen LogP contribution in [0.2, 0.25) is 0 Å². The van der Waals surface area contributed by atoms with Crippen LogP contribution >= 0.6 is 0 Å². The molecule has 2 heteroatoms. The molecule has 1 aliphatic rings.